The van der Waals surface area contributed by atoms with Crippen LogP contribution in [0.3, 0.4) is 0 Å². The van der Waals surface area contributed by atoms with Crippen LogP contribution in [-0.2, 0) is 0 Å². The molecule has 1 aliphatic rings. The van der Waals surface area contributed by atoms with Crippen LogP contribution < -0.4 is 0 Å². The zero-order chi connectivity index (χ0) is 12.4. The zero-order valence-corrected chi connectivity index (χ0v) is 11.9. The van der Waals surface area contributed by atoms with Crippen LogP contribution in [0.1, 0.15) is 39.4 Å². The van der Waals surface area contributed by atoms with Crippen molar-refractivity contribution < 1.29 is 4.79 Å². The van der Waals surface area contributed by atoms with E-state index in [-0.39, 0.29) is 11.9 Å². The van der Waals surface area contributed by atoms with Gasteiger partial charge >= 0.3 is 0 Å². The van der Waals surface area contributed by atoms with E-state index < -0.39 is 0 Å². The third-order valence-electron chi connectivity index (χ3n) is 3.44. The summed E-state index contributed by atoms with van der Waals surface area (Å²) in [5, 5.41) is 0. The highest BCUT2D eigenvalue weighted by Crippen LogP contribution is 2.26. The standard InChI is InChI=1S/C13H18ClNOS/c1-9-7-12(17-10(9)2)13(16)15-6-4-3-5-11(15)8-14/h7,11H,3-6,8H2,1-2H3. The predicted molar refractivity (Wildman–Crippen MR) is 73.2 cm³/mol. The Morgan fingerprint density at radius 1 is 1.53 bits per heavy atom. The van der Waals surface area contributed by atoms with Gasteiger partial charge in [-0.2, -0.15) is 0 Å². The van der Waals surface area contributed by atoms with Crippen LogP contribution >= 0.6 is 22.9 Å². The largest absolute Gasteiger partial charge is 0.334 e. The number of carbonyl (C=O) groups is 1. The monoisotopic (exact) mass is 271 g/mol. The van der Waals surface area contributed by atoms with Gasteiger partial charge in [-0.1, -0.05) is 0 Å². The second-order valence-electron chi connectivity index (χ2n) is 4.65. The van der Waals surface area contributed by atoms with Crippen LogP contribution in [0.5, 0.6) is 0 Å². The van der Waals surface area contributed by atoms with Crippen LogP contribution in [0, 0.1) is 13.8 Å². The maximum atomic E-state index is 12.4. The van der Waals surface area contributed by atoms with Gasteiger partial charge in [0.15, 0.2) is 0 Å². The molecule has 0 radical (unpaired) electrons. The SMILES string of the molecule is Cc1cc(C(=O)N2CCCCC2CCl)sc1C. The Hall–Kier alpha value is -0.540. The molecule has 0 aliphatic carbocycles. The average Bonchev–Trinajstić information content (AvgIpc) is 2.68. The molecule has 1 aromatic rings. The Bertz CT molecular complexity index is 396. The summed E-state index contributed by atoms with van der Waals surface area (Å²) in [6.07, 6.45) is 3.32. The summed E-state index contributed by atoms with van der Waals surface area (Å²) in [6, 6.07) is 2.23. The number of thiophene rings is 1. The number of hydrogen-bond donors (Lipinski definition) is 0. The lowest BCUT2D eigenvalue weighted by atomic mass is 10.0. The van der Waals surface area contributed by atoms with Crippen molar-refractivity contribution in [3.05, 3.63) is 21.4 Å². The molecule has 1 fully saturated rings. The maximum Gasteiger partial charge on any atom is 0.264 e. The fourth-order valence-electron chi connectivity index (χ4n) is 2.25. The van der Waals surface area contributed by atoms with Crippen LogP contribution in [0.2, 0.25) is 0 Å². The number of carbonyl (C=O) groups excluding carboxylic acids is 1. The highest BCUT2D eigenvalue weighted by atomic mass is 35.5. The van der Waals surface area contributed by atoms with Gasteiger partial charge in [-0.15, -0.1) is 22.9 Å². The number of rotatable bonds is 2. The van der Waals surface area contributed by atoms with Crippen LogP contribution in [0.15, 0.2) is 6.07 Å². The number of aryl methyl sites for hydroxylation is 2. The van der Waals surface area contributed by atoms with E-state index in [1.807, 2.05) is 11.0 Å². The molecule has 0 N–H and O–H groups in total. The fraction of sp³-hybridized carbons (Fsp3) is 0.615. The topological polar surface area (TPSA) is 20.3 Å². The summed E-state index contributed by atoms with van der Waals surface area (Å²) < 4.78 is 0. The number of piperidine rings is 1. The van der Waals surface area contributed by atoms with Gasteiger partial charge in [0.25, 0.3) is 5.91 Å². The molecule has 0 spiro atoms. The first-order valence-corrected chi connectivity index (χ1v) is 7.42. The van der Waals surface area contributed by atoms with Crippen LogP contribution in [0.4, 0.5) is 0 Å². The van der Waals surface area contributed by atoms with E-state index in [0.29, 0.717) is 5.88 Å². The highest BCUT2D eigenvalue weighted by Gasteiger charge is 2.27. The maximum absolute atomic E-state index is 12.4. The molecule has 1 amide bonds. The van der Waals surface area contributed by atoms with Gasteiger partial charge < -0.3 is 4.90 Å². The molecule has 17 heavy (non-hydrogen) atoms. The molecule has 0 bridgehead atoms. The molecular formula is C13H18ClNOS. The molecule has 1 saturated heterocycles. The molecule has 1 aromatic heterocycles. The minimum atomic E-state index is 0.163. The molecule has 1 aliphatic heterocycles. The normalized spacial score (nSPS) is 20.6. The van der Waals surface area contributed by atoms with Crippen LogP contribution in [-0.4, -0.2) is 29.3 Å². The molecule has 4 heteroatoms. The van der Waals surface area contributed by atoms with E-state index in [4.69, 9.17) is 11.6 Å². The number of nitrogens with zero attached hydrogens (tertiary/aromatic N) is 1. The van der Waals surface area contributed by atoms with E-state index in [0.717, 1.165) is 24.3 Å². The summed E-state index contributed by atoms with van der Waals surface area (Å²) in [5.41, 5.74) is 1.21. The molecular weight excluding hydrogens is 254 g/mol. The van der Waals surface area contributed by atoms with Gasteiger partial charge in [0.05, 0.1) is 4.88 Å². The van der Waals surface area contributed by atoms with Gasteiger partial charge in [0.1, 0.15) is 0 Å². The van der Waals surface area contributed by atoms with Gasteiger partial charge in [-0.05, 0) is 44.7 Å². The first kappa shape index (κ1) is 12.9. The molecule has 0 saturated carbocycles. The Balaban J connectivity index is 2.18. The van der Waals surface area contributed by atoms with Crippen LogP contribution in [0.25, 0.3) is 0 Å². The van der Waals surface area contributed by atoms with Crippen molar-refractivity contribution in [1.82, 2.24) is 4.90 Å². The lowest BCUT2D eigenvalue weighted by Crippen LogP contribution is -2.44. The van der Waals surface area contributed by atoms with E-state index in [1.165, 1.54) is 16.9 Å². The Labute approximate surface area is 112 Å². The van der Waals surface area contributed by atoms with Crippen molar-refractivity contribution in [2.45, 2.75) is 39.2 Å². The summed E-state index contributed by atoms with van der Waals surface area (Å²) in [6.45, 7) is 4.97. The minimum absolute atomic E-state index is 0.163. The zero-order valence-electron chi connectivity index (χ0n) is 10.3. The number of alkyl halides is 1. The van der Waals surface area contributed by atoms with Crippen molar-refractivity contribution in [2.75, 3.05) is 12.4 Å². The lowest BCUT2D eigenvalue weighted by molar-refractivity contribution is 0.0644. The second kappa shape index (κ2) is 5.40. The summed E-state index contributed by atoms with van der Waals surface area (Å²) in [5.74, 6) is 0.714. The molecule has 2 nitrogen and oxygen atoms in total. The Kier molecular flexibility index (Phi) is 4.10. The lowest BCUT2D eigenvalue weighted by Gasteiger charge is -2.34. The number of amides is 1. The summed E-state index contributed by atoms with van der Waals surface area (Å²) >= 11 is 7.55. The highest BCUT2D eigenvalue weighted by molar-refractivity contribution is 7.14. The number of hydrogen-bond acceptors (Lipinski definition) is 2. The van der Waals surface area contributed by atoms with E-state index >= 15 is 0 Å². The van der Waals surface area contributed by atoms with Crippen molar-refractivity contribution in [2.24, 2.45) is 0 Å². The molecule has 1 atom stereocenters. The van der Waals surface area contributed by atoms with Gasteiger partial charge in [0, 0.05) is 23.3 Å². The first-order chi connectivity index (χ1) is 8.13. The average molecular weight is 272 g/mol. The Morgan fingerprint density at radius 3 is 2.88 bits per heavy atom. The molecule has 1 unspecified atom stereocenters. The molecule has 2 heterocycles. The predicted octanol–water partition coefficient (Wildman–Crippen LogP) is 3.60. The Morgan fingerprint density at radius 2 is 2.29 bits per heavy atom. The van der Waals surface area contributed by atoms with Gasteiger partial charge in [-0.3, -0.25) is 4.79 Å². The first-order valence-electron chi connectivity index (χ1n) is 6.07. The van der Waals surface area contributed by atoms with Crippen molar-refractivity contribution in [1.29, 1.82) is 0 Å². The smallest absolute Gasteiger partial charge is 0.264 e. The third kappa shape index (κ3) is 2.66. The molecule has 2 rings (SSSR count). The van der Waals surface area contributed by atoms with E-state index in [9.17, 15) is 4.79 Å². The van der Waals surface area contributed by atoms with E-state index in [1.54, 1.807) is 11.3 Å². The summed E-state index contributed by atoms with van der Waals surface area (Å²) in [7, 11) is 0. The van der Waals surface area contributed by atoms with E-state index in [2.05, 4.69) is 13.8 Å². The number of halogens is 1. The second-order valence-corrected chi connectivity index (χ2v) is 6.22. The number of likely N-dealkylation sites (tertiary alicyclic amines) is 1. The molecule has 94 valence electrons. The van der Waals surface area contributed by atoms with Gasteiger partial charge in [0.2, 0.25) is 0 Å². The fourth-order valence-corrected chi connectivity index (χ4v) is 3.56. The quantitative estimate of drug-likeness (QED) is 0.753. The summed E-state index contributed by atoms with van der Waals surface area (Å²) in [4.78, 5) is 16.5. The molecule has 0 aromatic carbocycles. The van der Waals surface area contributed by atoms with Crippen molar-refractivity contribution in [3.8, 4) is 0 Å². The van der Waals surface area contributed by atoms with Gasteiger partial charge in [-0.25, -0.2) is 0 Å². The minimum Gasteiger partial charge on any atom is -0.334 e. The third-order valence-corrected chi connectivity index (χ3v) is 4.94. The van der Waals surface area contributed by atoms with Crippen molar-refractivity contribution >= 4 is 28.8 Å². The van der Waals surface area contributed by atoms with Crippen molar-refractivity contribution in [3.63, 3.8) is 0 Å².